The molecule has 3 aromatic rings. The quantitative estimate of drug-likeness (QED) is 0.485. The fourth-order valence-corrected chi connectivity index (χ4v) is 3.82. The molecule has 0 radical (unpaired) electrons. The molecule has 1 aliphatic rings. The van der Waals surface area contributed by atoms with Gasteiger partial charge in [-0.3, -0.25) is 9.59 Å². The number of halogens is 1. The molecule has 1 fully saturated rings. The minimum Gasteiger partial charge on any atom is -0.490 e. The minimum atomic E-state index is -0.331. The predicted molar refractivity (Wildman–Crippen MR) is 131 cm³/mol. The molecule has 0 atom stereocenters. The minimum absolute atomic E-state index is 0.118. The smallest absolute Gasteiger partial charge is 0.260 e. The second kappa shape index (κ2) is 11.7. The lowest BCUT2D eigenvalue weighted by Gasteiger charge is -2.26. The molecular formula is C25H27ClN4O5. The third-order valence-corrected chi connectivity index (χ3v) is 5.83. The van der Waals surface area contributed by atoms with E-state index in [1.54, 1.807) is 40.0 Å². The zero-order valence-electron chi connectivity index (χ0n) is 19.4. The van der Waals surface area contributed by atoms with E-state index >= 15 is 0 Å². The number of benzene rings is 2. The molecule has 1 saturated heterocycles. The van der Waals surface area contributed by atoms with Gasteiger partial charge in [0.1, 0.15) is 5.82 Å². The summed E-state index contributed by atoms with van der Waals surface area (Å²) in [6.07, 6.45) is 1.61. The molecule has 1 aliphatic heterocycles. The average molecular weight is 499 g/mol. The van der Waals surface area contributed by atoms with Gasteiger partial charge < -0.3 is 24.4 Å². The lowest BCUT2D eigenvalue weighted by Crippen LogP contribution is -2.43. The van der Waals surface area contributed by atoms with Gasteiger partial charge in [-0.1, -0.05) is 29.8 Å². The Morgan fingerprint density at radius 3 is 2.66 bits per heavy atom. The molecular weight excluding hydrogens is 472 g/mol. The normalized spacial score (nSPS) is 13.4. The highest BCUT2D eigenvalue weighted by Gasteiger charge is 2.19. The lowest BCUT2D eigenvalue weighted by molar-refractivity contribution is -0.137. The van der Waals surface area contributed by atoms with Crippen molar-refractivity contribution in [1.82, 2.24) is 14.7 Å². The summed E-state index contributed by atoms with van der Waals surface area (Å²) in [6, 6.07) is 14.1. The number of carbonyl (C=O) groups excluding carboxylic acids is 2. The van der Waals surface area contributed by atoms with Gasteiger partial charge in [0.15, 0.2) is 18.1 Å². The summed E-state index contributed by atoms with van der Waals surface area (Å²) in [5.41, 5.74) is 1.27. The van der Waals surface area contributed by atoms with E-state index < -0.39 is 0 Å². The number of rotatable bonds is 9. The average Bonchev–Trinajstić information content (AvgIpc) is 3.31. The molecule has 10 heteroatoms. The first kappa shape index (κ1) is 24.6. The fraction of sp³-hybridized carbons (Fsp3) is 0.320. The van der Waals surface area contributed by atoms with Gasteiger partial charge >= 0.3 is 0 Å². The second-order valence-corrected chi connectivity index (χ2v) is 8.20. The number of morpholine rings is 1. The molecule has 35 heavy (non-hydrogen) atoms. The molecule has 2 amide bonds. The first-order chi connectivity index (χ1) is 17.0. The van der Waals surface area contributed by atoms with Crippen LogP contribution in [0.4, 0.5) is 5.82 Å². The Bertz CT molecular complexity index is 1180. The maximum Gasteiger partial charge on any atom is 0.260 e. The van der Waals surface area contributed by atoms with Crippen LogP contribution in [0.1, 0.15) is 22.8 Å². The van der Waals surface area contributed by atoms with Crippen LogP contribution in [0.25, 0.3) is 0 Å². The summed E-state index contributed by atoms with van der Waals surface area (Å²) in [5, 5.41) is 7.80. The van der Waals surface area contributed by atoms with Crippen LogP contribution >= 0.6 is 11.6 Å². The van der Waals surface area contributed by atoms with Crippen LogP contribution < -0.4 is 14.8 Å². The monoisotopic (exact) mass is 498 g/mol. The number of carbonyl (C=O) groups is 2. The van der Waals surface area contributed by atoms with E-state index in [1.165, 1.54) is 0 Å². The molecule has 0 bridgehead atoms. The van der Waals surface area contributed by atoms with Crippen molar-refractivity contribution >= 4 is 29.2 Å². The summed E-state index contributed by atoms with van der Waals surface area (Å²) >= 11 is 6.26. The van der Waals surface area contributed by atoms with Crippen LogP contribution in [-0.4, -0.2) is 66.0 Å². The summed E-state index contributed by atoms with van der Waals surface area (Å²) in [7, 11) is 0. The van der Waals surface area contributed by atoms with Crippen LogP contribution in [0.3, 0.4) is 0 Å². The van der Waals surface area contributed by atoms with Gasteiger partial charge in [0.2, 0.25) is 0 Å². The Hall–Kier alpha value is -3.56. The topological polar surface area (TPSA) is 94.9 Å². The van der Waals surface area contributed by atoms with Crippen LogP contribution in [-0.2, 0) is 16.1 Å². The van der Waals surface area contributed by atoms with E-state index in [1.807, 2.05) is 31.2 Å². The van der Waals surface area contributed by atoms with Crippen molar-refractivity contribution < 1.29 is 23.8 Å². The van der Waals surface area contributed by atoms with E-state index in [0.717, 1.165) is 5.56 Å². The zero-order valence-corrected chi connectivity index (χ0v) is 20.2. The fourth-order valence-electron chi connectivity index (χ4n) is 3.62. The number of ether oxygens (including phenoxy) is 3. The number of amides is 2. The van der Waals surface area contributed by atoms with E-state index in [9.17, 15) is 9.59 Å². The van der Waals surface area contributed by atoms with Gasteiger partial charge in [-0.25, -0.2) is 4.68 Å². The van der Waals surface area contributed by atoms with Crippen molar-refractivity contribution in [3.05, 3.63) is 70.9 Å². The molecule has 2 aromatic carbocycles. The molecule has 184 valence electrons. The molecule has 4 rings (SSSR count). The van der Waals surface area contributed by atoms with Gasteiger partial charge in [0, 0.05) is 29.7 Å². The predicted octanol–water partition coefficient (Wildman–Crippen LogP) is 3.47. The third kappa shape index (κ3) is 6.32. The summed E-state index contributed by atoms with van der Waals surface area (Å²) in [4.78, 5) is 27.1. The highest BCUT2D eigenvalue weighted by Crippen LogP contribution is 2.29. The summed E-state index contributed by atoms with van der Waals surface area (Å²) in [5.74, 6) is 0.866. The van der Waals surface area contributed by atoms with Crippen molar-refractivity contribution in [1.29, 1.82) is 0 Å². The molecule has 2 heterocycles. The maximum atomic E-state index is 13.0. The number of nitrogens with zero attached hydrogens (tertiary/aromatic N) is 3. The van der Waals surface area contributed by atoms with Gasteiger partial charge in [0.25, 0.3) is 11.8 Å². The van der Waals surface area contributed by atoms with Crippen molar-refractivity contribution in [3.63, 3.8) is 0 Å². The standard InChI is InChI=1S/C25H27ClN4O5/c1-2-34-22-15-18(7-8-21(22)35-17-24(31)29-11-13-33-14-12-29)25(32)28-23-9-10-27-30(23)16-19-5-3-4-6-20(19)26/h3-10,15H,2,11-14,16-17H2,1H3,(H,28,32). The third-order valence-electron chi connectivity index (χ3n) is 5.46. The first-order valence-corrected chi connectivity index (χ1v) is 11.7. The van der Waals surface area contributed by atoms with E-state index in [0.29, 0.717) is 67.4 Å². The number of hydrogen-bond acceptors (Lipinski definition) is 6. The Morgan fingerprint density at radius 2 is 1.89 bits per heavy atom. The van der Waals surface area contributed by atoms with Crippen molar-refractivity contribution in [2.45, 2.75) is 13.5 Å². The Kier molecular flexibility index (Phi) is 8.23. The Labute approximate surface area is 208 Å². The Balaban J connectivity index is 1.43. The van der Waals surface area contributed by atoms with Crippen molar-refractivity contribution in [2.75, 3.05) is 44.8 Å². The molecule has 1 N–H and O–H groups in total. The lowest BCUT2D eigenvalue weighted by atomic mass is 10.2. The number of nitrogens with one attached hydrogen (secondary N) is 1. The van der Waals surface area contributed by atoms with E-state index in [2.05, 4.69) is 10.4 Å². The summed E-state index contributed by atoms with van der Waals surface area (Å²) < 4.78 is 18.3. The van der Waals surface area contributed by atoms with Gasteiger partial charge in [0.05, 0.1) is 32.6 Å². The van der Waals surface area contributed by atoms with E-state index in [-0.39, 0.29) is 18.4 Å². The van der Waals surface area contributed by atoms with E-state index in [4.69, 9.17) is 25.8 Å². The molecule has 0 aliphatic carbocycles. The molecule has 0 saturated carbocycles. The molecule has 9 nitrogen and oxygen atoms in total. The summed E-state index contributed by atoms with van der Waals surface area (Å²) in [6.45, 7) is 4.66. The van der Waals surface area contributed by atoms with Crippen molar-refractivity contribution in [3.8, 4) is 11.5 Å². The second-order valence-electron chi connectivity index (χ2n) is 7.80. The SMILES string of the molecule is CCOc1cc(C(=O)Nc2ccnn2Cc2ccccc2Cl)ccc1OCC(=O)N1CCOCC1. The maximum absolute atomic E-state index is 13.0. The number of anilines is 1. The van der Waals surface area contributed by atoms with Gasteiger partial charge in [-0.2, -0.15) is 5.10 Å². The molecule has 1 aromatic heterocycles. The molecule has 0 unspecified atom stereocenters. The van der Waals surface area contributed by atoms with Crippen LogP contribution in [0.5, 0.6) is 11.5 Å². The molecule has 0 spiro atoms. The first-order valence-electron chi connectivity index (χ1n) is 11.4. The van der Waals surface area contributed by atoms with Gasteiger partial charge in [-0.05, 0) is 36.8 Å². The zero-order chi connectivity index (χ0) is 24.6. The largest absolute Gasteiger partial charge is 0.490 e. The van der Waals surface area contributed by atoms with Crippen LogP contribution in [0.15, 0.2) is 54.7 Å². The number of hydrogen-bond donors (Lipinski definition) is 1. The Morgan fingerprint density at radius 1 is 1.09 bits per heavy atom. The highest BCUT2D eigenvalue weighted by molar-refractivity contribution is 6.31. The highest BCUT2D eigenvalue weighted by atomic mass is 35.5. The van der Waals surface area contributed by atoms with Crippen LogP contribution in [0, 0.1) is 0 Å². The number of aromatic nitrogens is 2. The van der Waals surface area contributed by atoms with Crippen LogP contribution in [0.2, 0.25) is 5.02 Å². The van der Waals surface area contributed by atoms with Crippen molar-refractivity contribution in [2.24, 2.45) is 0 Å². The van der Waals surface area contributed by atoms with Gasteiger partial charge in [-0.15, -0.1) is 0 Å².